The Balaban J connectivity index is 1.76. The van der Waals surface area contributed by atoms with Crippen molar-refractivity contribution in [2.75, 3.05) is 17.6 Å². The van der Waals surface area contributed by atoms with Crippen molar-refractivity contribution in [2.24, 2.45) is 0 Å². The molecule has 0 radical (unpaired) electrons. The van der Waals surface area contributed by atoms with Gasteiger partial charge in [0.05, 0.1) is 5.02 Å². The number of rotatable bonds is 2. The van der Waals surface area contributed by atoms with Crippen molar-refractivity contribution in [3.05, 3.63) is 64.7 Å². The van der Waals surface area contributed by atoms with Crippen LogP contribution in [-0.4, -0.2) is 23.2 Å². The minimum Gasteiger partial charge on any atom is -0.308 e. The van der Waals surface area contributed by atoms with Crippen LogP contribution in [0.1, 0.15) is 10.9 Å². The van der Waals surface area contributed by atoms with E-state index in [-0.39, 0.29) is 22.2 Å². The molecule has 3 rings (SSSR count). The van der Waals surface area contributed by atoms with Crippen LogP contribution < -0.4 is 5.32 Å². The van der Waals surface area contributed by atoms with Crippen LogP contribution in [0.5, 0.6) is 0 Å². The molecule has 0 aromatic heterocycles. The summed E-state index contributed by atoms with van der Waals surface area (Å²) in [5, 5.41) is 2.39. The second-order valence-electron chi connectivity index (χ2n) is 5.03. The van der Waals surface area contributed by atoms with E-state index in [9.17, 15) is 13.6 Å². The molecular formula is C16H13ClF2N2OS. The van der Waals surface area contributed by atoms with Crippen LogP contribution in [-0.2, 0) is 0 Å². The van der Waals surface area contributed by atoms with Gasteiger partial charge in [-0.3, -0.25) is 0 Å². The van der Waals surface area contributed by atoms with Crippen molar-refractivity contribution in [1.82, 2.24) is 4.90 Å². The lowest BCUT2D eigenvalue weighted by molar-refractivity contribution is 0.214. The molecule has 0 bridgehead atoms. The van der Waals surface area contributed by atoms with E-state index in [4.69, 9.17) is 11.6 Å². The summed E-state index contributed by atoms with van der Waals surface area (Å²) in [6.07, 6.45) is 0. The van der Waals surface area contributed by atoms with E-state index in [1.807, 2.05) is 0 Å². The van der Waals surface area contributed by atoms with Crippen molar-refractivity contribution in [2.45, 2.75) is 5.37 Å². The average molecular weight is 355 g/mol. The summed E-state index contributed by atoms with van der Waals surface area (Å²) >= 11 is 7.28. The maximum absolute atomic E-state index is 13.4. The van der Waals surface area contributed by atoms with Crippen LogP contribution >= 0.6 is 23.4 Å². The van der Waals surface area contributed by atoms with Crippen molar-refractivity contribution in [3.8, 4) is 0 Å². The number of urea groups is 1. The highest BCUT2D eigenvalue weighted by Crippen LogP contribution is 2.38. The van der Waals surface area contributed by atoms with Crippen molar-refractivity contribution < 1.29 is 13.6 Å². The number of carbonyl (C=O) groups excluding carboxylic acids is 1. The Hall–Kier alpha value is -1.79. The first-order valence-corrected chi connectivity index (χ1v) is 8.37. The first-order valence-electron chi connectivity index (χ1n) is 6.94. The predicted octanol–water partition coefficient (Wildman–Crippen LogP) is 4.90. The van der Waals surface area contributed by atoms with Gasteiger partial charge < -0.3 is 10.2 Å². The van der Waals surface area contributed by atoms with Gasteiger partial charge in [0, 0.05) is 18.0 Å². The Labute approximate surface area is 141 Å². The molecule has 120 valence electrons. The maximum atomic E-state index is 13.4. The molecular weight excluding hydrogens is 342 g/mol. The standard InChI is InChI=1S/C16H13ClF2N2OS/c17-13-9-12(4-5-14(13)19)20-16(22)21-6-7-23-15(21)10-2-1-3-11(18)8-10/h1-5,8-9,15H,6-7H2,(H,20,22)/t15-/m1/s1. The van der Waals surface area contributed by atoms with Gasteiger partial charge in [-0.2, -0.15) is 0 Å². The van der Waals surface area contributed by atoms with Crippen molar-refractivity contribution >= 4 is 35.1 Å². The summed E-state index contributed by atoms with van der Waals surface area (Å²) in [5.74, 6) is -0.113. The first-order chi connectivity index (χ1) is 11.0. The van der Waals surface area contributed by atoms with E-state index in [0.717, 1.165) is 11.3 Å². The number of thioether (sulfide) groups is 1. The van der Waals surface area contributed by atoms with Gasteiger partial charge in [-0.25, -0.2) is 13.6 Å². The summed E-state index contributed by atoms with van der Waals surface area (Å²) in [4.78, 5) is 14.1. The van der Waals surface area contributed by atoms with Gasteiger partial charge in [-0.15, -0.1) is 11.8 Å². The molecule has 3 nitrogen and oxygen atoms in total. The maximum Gasteiger partial charge on any atom is 0.323 e. The van der Waals surface area contributed by atoms with E-state index in [2.05, 4.69) is 5.32 Å². The second-order valence-corrected chi connectivity index (χ2v) is 6.63. The Morgan fingerprint density at radius 2 is 2.09 bits per heavy atom. The number of hydrogen-bond acceptors (Lipinski definition) is 2. The molecule has 1 heterocycles. The largest absolute Gasteiger partial charge is 0.323 e. The number of carbonyl (C=O) groups is 1. The van der Waals surface area contributed by atoms with Gasteiger partial charge >= 0.3 is 6.03 Å². The molecule has 7 heteroatoms. The van der Waals surface area contributed by atoms with Crippen LogP contribution in [0.2, 0.25) is 5.02 Å². The lowest BCUT2D eigenvalue weighted by atomic mass is 10.2. The lowest BCUT2D eigenvalue weighted by Gasteiger charge is -2.24. The molecule has 1 saturated heterocycles. The van der Waals surface area contributed by atoms with E-state index in [1.54, 1.807) is 28.8 Å². The first kappa shape index (κ1) is 16.1. The van der Waals surface area contributed by atoms with Gasteiger partial charge in [0.2, 0.25) is 0 Å². The second kappa shape index (κ2) is 6.76. The Kier molecular flexibility index (Phi) is 4.73. The van der Waals surface area contributed by atoms with E-state index in [0.29, 0.717) is 12.2 Å². The summed E-state index contributed by atoms with van der Waals surface area (Å²) < 4.78 is 26.6. The quantitative estimate of drug-likeness (QED) is 0.832. The number of amides is 2. The minimum absolute atomic E-state index is 0.0553. The van der Waals surface area contributed by atoms with Gasteiger partial charge in [-0.05, 0) is 35.9 Å². The molecule has 1 aliphatic rings. The number of halogens is 3. The minimum atomic E-state index is -0.543. The summed E-state index contributed by atoms with van der Waals surface area (Å²) in [6.45, 7) is 0.548. The Morgan fingerprint density at radius 1 is 1.26 bits per heavy atom. The third-order valence-corrected chi connectivity index (χ3v) is 5.01. The van der Waals surface area contributed by atoms with Crippen LogP contribution in [0.15, 0.2) is 42.5 Å². The van der Waals surface area contributed by atoms with Crippen LogP contribution in [0.3, 0.4) is 0 Å². The molecule has 0 aliphatic carbocycles. The molecule has 2 aromatic rings. The van der Waals surface area contributed by atoms with Crippen LogP contribution in [0.4, 0.5) is 19.3 Å². The number of nitrogens with one attached hydrogen (secondary N) is 1. The third kappa shape index (κ3) is 3.59. The Morgan fingerprint density at radius 3 is 2.83 bits per heavy atom. The Bertz CT molecular complexity index is 744. The smallest absolute Gasteiger partial charge is 0.308 e. The molecule has 0 saturated carbocycles. The fourth-order valence-electron chi connectivity index (χ4n) is 2.38. The fourth-order valence-corrected chi connectivity index (χ4v) is 3.81. The highest BCUT2D eigenvalue weighted by Gasteiger charge is 2.31. The molecule has 23 heavy (non-hydrogen) atoms. The summed E-state index contributed by atoms with van der Waals surface area (Å²) in [6, 6.07) is 9.88. The van der Waals surface area contributed by atoms with Gasteiger partial charge in [0.15, 0.2) is 0 Å². The number of nitrogens with zero attached hydrogens (tertiary/aromatic N) is 1. The van der Waals surface area contributed by atoms with Gasteiger partial charge in [0.25, 0.3) is 0 Å². The molecule has 0 unspecified atom stereocenters. The average Bonchev–Trinajstić information content (AvgIpc) is 3.00. The van der Waals surface area contributed by atoms with E-state index in [1.165, 1.54) is 30.3 Å². The molecule has 1 aliphatic heterocycles. The van der Waals surface area contributed by atoms with E-state index >= 15 is 0 Å². The highest BCUT2D eigenvalue weighted by atomic mass is 35.5. The number of hydrogen-bond donors (Lipinski definition) is 1. The third-order valence-electron chi connectivity index (χ3n) is 3.46. The monoisotopic (exact) mass is 354 g/mol. The molecule has 1 fully saturated rings. The number of anilines is 1. The molecule has 1 N–H and O–H groups in total. The fraction of sp³-hybridized carbons (Fsp3) is 0.188. The topological polar surface area (TPSA) is 32.3 Å². The molecule has 2 aromatic carbocycles. The van der Waals surface area contributed by atoms with Crippen molar-refractivity contribution in [1.29, 1.82) is 0 Å². The summed E-state index contributed by atoms with van der Waals surface area (Å²) in [7, 11) is 0. The molecule has 1 atom stereocenters. The predicted molar refractivity (Wildman–Crippen MR) is 88.7 cm³/mol. The van der Waals surface area contributed by atoms with Crippen LogP contribution in [0, 0.1) is 11.6 Å². The normalized spacial score (nSPS) is 17.3. The van der Waals surface area contributed by atoms with Crippen molar-refractivity contribution in [3.63, 3.8) is 0 Å². The molecule has 2 amide bonds. The highest BCUT2D eigenvalue weighted by molar-refractivity contribution is 7.99. The SMILES string of the molecule is O=C(Nc1ccc(F)c(Cl)c1)N1CCS[C@@H]1c1cccc(F)c1. The summed E-state index contributed by atoms with van der Waals surface area (Å²) in [5.41, 5.74) is 1.15. The zero-order valence-corrected chi connectivity index (χ0v) is 13.5. The number of benzene rings is 2. The molecule has 0 spiro atoms. The van der Waals surface area contributed by atoms with Crippen LogP contribution in [0.25, 0.3) is 0 Å². The lowest BCUT2D eigenvalue weighted by Crippen LogP contribution is -2.34. The zero-order valence-electron chi connectivity index (χ0n) is 11.9. The van der Waals surface area contributed by atoms with E-state index < -0.39 is 5.82 Å². The van der Waals surface area contributed by atoms with Gasteiger partial charge in [-0.1, -0.05) is 23.7 Å². The van der Waals surface area contributed by atoms with Gasteiger partial charge in [0.1, 0.15) is 17.0 Å². The zero-order chi connectivity index (χ0) is 16.4.